The Bertz CT molecular complexity index is 1190. The minimum absolute atomic E-state index is 0.0703. The van der Waals surface area contributed by atoms with E-state index < -0.39 is 27.6 Å². The highest BCUT2D eigenvalue weighted by Crippen LogP contribution is 2.32. The Morgan fingerprint density at radius 3 is 2.48 bits per heavy atom. The highest BCUT2D eigenvalue weighted by Gasteiger charge is 2.31. The van der Waals surface area contributed by atoms with E-state index in [2.05, 4.69) is 12.2 Å². The number of hydrogen-bond acceptors (Lipinski definition) is 4. The summed E-state index contributed by atoms with van der Waals surface area (Å²) in [5.74, 6) is -2.48. The van der Waals surface area contributed by atoms with E-state index in [1.165, 1.54) is 21.3 Å². The van der Waals surface area contributed by atoms with Crippen LogP contribution in [-0.2, 0) is 26.0 Å². The molecular weight excluding hydrogens is 452 g/mol. The maximum absolute atomic E-state index is 13.4. The Labute approximate surface area is 191 Å². The van der Waals surface area contributed by atoms with Crippen molar-refractivity contribution in [2.75, 3.05) is 29.9 Å². The largest absolute Gasteiger partial charge is 0.324 e. The number of nitrogens with one attached hydrogen (secondary N) is 1. The summed E-state index contributed by atoms with van der Waals surface area (Å²) in [7, 11) is -3.64. The predicted molar refractivity (Wildman–Crippen MR) is 119 cm³/mol. The third kappa shape index (κ3) is 4.91. The molecule has 0 saturated carbocycles. The van der Waals surface area contributed by atoms with Crippen molar-refractivity contribution in [3.63, 3.8) is 0 Å². The summed E-state index contributed by atoms with van der Waals surface area (Å²) in [5, 5.41) is 2.45. The van der Waals surface area contributed by atoms with E-state index in [0.29, 0.717) is 36.7 Å². The second-order valence-electron chi connectivity index (χ2n) is 8.53. The number of aryl methyl sites for hydroxylation is 1. The van der Waals surface area contributed by atoms with Crippen molar-refractivity contribution in [1.82, 2.24) is 4.31 Å². The van der Waals surface area contributed by atoms with E-state index in [4.69, 9.17) is 0 Å². The van der Waals surface area contributed by atoms with Crippen LogP contribution in [0.4, 0.5) is 20.2 Å². The Morgan fingerprint density at radius 2 is 1.79 bits per heavy atom. The maximum atomic E-state index is 13.4. The first-order chi connectivity index (χ1) is 15.6. The van der Waals surface area contributed by atoms with Crippen LogP contribution in [-0.4, -0.2) is 44.2 Å². The van der Waals surface area contributed by atoms with Gasteiger partial charge in [-0.15, -0.1) is 0 Å². The van der Waals surface area contributed by atoms with Crippen LogP contribution in [0, 0.1) is 17.6 Å². The zero-order valence-electron chi connectivity index (χ0n) is 18.2. The monoisotopic (exact) mass is 477 g/mol. The van der Waals surface area contributed by atoms with E-state index in [-0.39, 0.29) is 29.5 Å². The lowest BCUT2D eigenvalue weighted by molar-refractivity contribution is -0.121. The molecule has 2 amide bonds. The molecular formula is C23H25F2N3O4S. The molecule has 10 heteroatoms. The van der Waals surface area contributed by atoms with Crippen LogP contribution in [0.25, 0.3) is 0 Å². The molecule has 4 rings (SSSR count). The zero-order chi connectivity index (χ0) is 23.8. The van der Waals surface area contributed by atoms with Gasteiger partial charge < -0.3 is 10.2 Å². The molecule has 2 aliphatic heterocycles. The van der Waals surface area contributed by atoms with Crippen molar-refractivity contribution in [3.05, 3.63) is 53.6 Å². The van der Waals surface area contributed by atoms with Crippen LogP contribution in [0.1, 0.15) is 31.7 Å². The summed E-state index contributed by atoms with van der Waals surface area (Å²) < 4.78 is 54.1. The maximum Gasteiger partial charge on any atom is 0.244 e. The predicted octanol–water partition coefficient (Wildman–Crippen LogP) is 3.30. The minimum Gasteiger partial charge on any atom is -0.324 e. The lowest BCUT2D eigenvalue weighted by atomic mass is 10.0. The molecule has 0 spiro atoms. The second kappa shape index (κ2) is 9.18. The van der Waals surface area contributed by atoms with E-state index in [1.807, 2.05) is 0 Å². The van der Waals surface area contributed by atoms with Crippen LogP contribution >= 0.6 is 0 Å². The quantitative estimate of drug-likeness (QED) is 0.716. The van der Waals surface area contributed by atoms with Gasteiger partial charge >= 0.3 is 0 Å². The first-order valence-corrected chi connectivity index (χ1v) is 12.3. The van der Waals surface area contributed by atoms with Gasteiger partial charge in [0.05, 0.1) is 4.90 Å². The van der Waals surface area contributed by atoms with Crippen molar-refractivity contribution < 1.29 is 26.8 Å². The molecule has 1 fully saturated rings. The van der Waals surface area contributed by atoms with E-state index in [1.54, 1.807) is 12.1 Å². The number of hydrogen-bond donors (Lipinski definition) is 1. The molecule has 0 aromatic heterocycles. The molecule has 0 aliphatic carbocycles. The molecule has 2 aliphatic rings. The topological polar surface area (TPSA) is 86.8 Å². The molecule has 0 radical (unpaired) electrons. The third-order valence-corrected chi connectivity index (χ3v) is 8.03. The van der Waals surface area contributed by atoms with Crippen LogP contribution in [0.5, 0.6) is 0 Å². The molecule has 2 aromatic rings. The molecule has 7 nitrogen and oxygen atoms in total. The normalized spacial score (nSPS) is 17.7. The summed E-state index contributed by atoms with van der Waals surface area (Å²) in [4.78, 5) is 26.4. The average Bonchev–Trinajstić information content (AvgIpc) is 2.78. The van der Waals surface area contributed by atoms with Crippen LogP contribution in [0.2, 0.25) is 0 Å². The van der Waals surface area contributed by atoms with Crippen molar-refractivity contribution in [2.45, 2.75) is 37.5 Å². The summed E-state index contributed by atoms with van der Waals surface area (Å²) in [6, 6.07) is 7.58. The van der Waals surface area contributed by atoms with Crippen molar-refractivity contribution in [1.29, 1.82) is 0 Å². The van der Waals surface area contributed by atoms with E-state index >= 15 is 0 Å². The van der Waals surface area contributed by atoms with Gasteiger partial charge in [-0.2, -0.15) is 4.31 Å². The number of nitrogens with zero attached hydrogens (tertiary/aromatic N) is 2. The van der Waals surface area contributed by atoms with Gasteiger partial charge in [0.25, 0.3) is 0 Å². The Kier molecular flexibility index (Phi) is 6.49. The van der Waals surface area contributed by atoms with Crippen molar-refractivity contribution >= 4 is 33.2 Å². The molecule has 33 heavy (non-hydrogen) atoms. The zero-order valence-corrected chi connectivity index (χ0v) is 19.0. The fraction of sp³-hybridized carbons (Fsp3) is 0.391. The van der Waals surface area contributed by atoms with Gasteiger partial charge in [-0.25, -0.2) is 17.2 Å². The third-order valence-electron chi connectivity index (χ3n) is 6.14. The number of rotatable bonds is 5. The molecule has 1 saturated heterocycles. The number of carbonyl (C=O) groups is 2. The minimum atomic E-state index is -3.64. The molecule has 0 bridgehead atoms. The first-order valence-electron chi connectivity index (χ1n) is 10.8. The first kappa shape index (κ1) is 23.3. The fourth-order valence-electron chi connectivity index (χ4n) is 4.16. The highest BCUT2D eigenvalue weighted by molar-refractivity contribution is 7.89. The number of sulfonamides is 1. The van der Waals surface area contributed by atoms with Gasteiger partial charge in [0.2, 0.25) is 21.8 Å². The van der Waals surface area contributed by atoms with Crippen LogP contribution in [0.3, 0.4) is 0 Å². The molecule has 1 N–H and O–H groups in total. The number of benzene rings is 2. The molecule has 2 aromatic carbocycles. The fourth-order valence-corrected chi connectivity index (χ4v) is 5.68. The van der Waals surface area contributed by atoms with Crippen LogP contribution < -0.4 is 10.2 Å². The molecule has 176 valence electrons. The smallest absolute Gasteiger partial charge is 0.244 e. The number of carbonyl (C=O) groups excluding carboxylic acids is 2. The summed E-state index contributed by atoms with van der Waals surface area (Å²) >= 11 is 0. The number of fused-ring (bicyclic) bond motifs is 1. The van der Waals surface area contributed by atoms with Crippen molar-refractivity contribution in [2.24, 2.45) is 5.92 Å². The standard InChI is InChI=1S/C23H25F2N3O4S/c1-15-8-10-27(11-9-15)33(31,32)18-4-6-21-16(12-18)2-7-23(30)28(21)14-22(29)26-17-3-5-19(24)20(25)13-17/h3-6,12-13,15H,2,7-11,14H2,1H3,(H,26,29). The molecule has 2 heterocycles. The van der Waals surface area contributed by atoms with Gasteiger partial charge in [-0.1, -0.05) is 6.92 Å². The highest BCUT2D eigenvalue weighted by atomic mass is 32.2. The number of piperidine rings is 1. The second-order valence-corrected chi connectivity index (χ2v) is 10.5. The van der Waals surface area contributed by atoms with Gasteiger partial charge in [0.15, 0.2) is 11.6 Å². The van der Waals surface area contributed by atoms with Crippen LogP contribution in [0.15, 0.2) is 41.3 Å². The van der Waals surface area contributed by atoms with Gasteiger partial charge in [0, 0.05) is 37.0 Å². The number of amides is 2. The summed E-state index contributed by atoms with van der Waals surface area (Å²) in [5.41, 5.74) is 1.21. The van der Waals surface area contributed by atoms with Gasteiger partial charge in [-0.3, -0.25) is 9.59 Å². The summed E-state index contributed by atoms with van der Waals surface area (Å²) in [6.45, 7) is 2.74. The lowest BCUT2D eigenvalue weighted by Crippen LogP contribution is -2.41. The Hall–Kier alpha value is -2.85. The lowest BCUT2D eigenvalue weighted by Gasteiger charge is -2.31. The Balaban J connectivity index is 1.52. The van der Waals surface area contributed by atoms with E-state index in [9.17, 15) is 26.8 Å². The number of anilines is 2. The molecule has 0 unspecified atom stereocenters. The number of halogens is 2. The van der Waals surface area contributed by atoms with E-state index in [0.717, 1.165) is 25.0 Å². The Morgan fingerprint density at radius 1 is 1.06 bits per heavy atom. The SMILES string of the molecule is CC1CCN(S(=O)(=O)c2ccc3c(c2)CCC(=O)N3CC(=O)Nc2ccc(F)c(F)c2)CC1. The average molecular weight is 478 g/mol. The van der Waals surface area contributed by atoms with Gasteiger partial charge in [-0.05, 0) is 61.1 Å². The molecule has 0 atom stereocenters. The van der Waals surface area contributed by atoms with Gasteiger partial charge in [0.1, 0.15) is 6.54 Å². The summed E-state index contributed by atoms with van der Waals surface area (Å²) in [6.07, 6.45) is 2.14. The van der Waals surface area contributed by atoms with Crippen molar-refractivity contribution in [3.8, 4) is 0 Å².